The third-order valence-corrected chi connectivity index (χ3v) is 4.32. The summed E-state index contributed by atoms with van der Waals surface area (Å²) in [7, 11) is -1.88. The zero-order valence-electron chi connectivity index (χ0n) is 13.1. The molecule has 1 heterocycles. The molecule has 21 heavy (non-hydrogen) atoms. The minimum absolute atomic E-state index is 0.137. The molecule has 0 aromatic carbocycles. The zero-order valence-corrected chi connectivity index (χ0v) is 16.2. The highest BCUT2D eigenvalue weighted by atomic mass is 127. The summed E-state index contributed by atoms with van der Waals surface area (Å²) in [4.78, 5) is 11.9. The molecule has 0 saturated carbocycles. The maximum Gasteiger partial charge on any atom is 0.308 e. The van der Waals surface area contributed by atoms with Crippen LogP contribution in [0.25, 0.3) is 0 Å². The Kier molecular flexibility index (Phi) is 6.82. The smallest absolute Gasteiger partial charge is 0.308 e. The van der Waals surface area contributed by atoms with E-state index in [2.05, 4.69) is 47.3 Å². The van der Waals surface area contributed by atoms with Crippen LogP contribution in [-0.2, 0) is 20.5 Å². The molecule has 0 fully saturated rings. The molecule has 1 atom stereocenters. The molecule has 2 N–H and O–H groups in total. The van der Waals surface area contributed by atoms with Crippen molar-refractivity contribution in [3.63, 3.8) is 0 Å². The van der Waals surface area contributed by atoms with Gasteiger partial charge >= 0.3 is 5.97 Å². The summed E-state index contributed by atoms with van der Waals surface area (Å²) in [5.41, 5.74) is 5.19. The number of hydrogen-bond donors (Lipinski definition) is 1. The number of aromatic nitrogens is 2. The lowest BCUT2D eigenvalue weighted by Gasteiger charge is -2.37. The van der Waals surface area contributed by atoms with E-state index in [1.54, 1.807) is 17.8 Å². The minimum atomic E-state index is -1.88. The van der Waals surface area contributed by atoms with Gasteiger partial charge in [-0.3, -0.25) is 9.48 Å². The summed E-state index contributed by atoms with van der Waals surface area (Å²) in [6, 6.07) is 0. The average Bonchev–Trinajstić information content (AvgIpc) is 2.72. The van der Waals surface area contributed by atoms with Crippen molar-refractivity contribution in [2.45, 2.75) is 45.1 Å². The lowest BCUT2D eigenvalue weighted by atomic mass is 10.0. The first-order chi connectivity index (χ1) is 9.69. The van der Waals surface area contributed by atoms with Crippen LogP contribution in [0, 0.1) is 3.57 Å². The third-order valence-electron chi connectivity index (χ3n) is 2.72. The van der Waals surface area contributed by atoms with Crippen molar-refractivity contribution in [1.29, 1.82) is 0 Å². The number of carbonyl (C=O) groups is 1. The molecule has 0 spiro atoms. The van der Waals surface area contributed by atoms with Crippen LogP contribution in [0.2, 0.25) is 19.6 Å². The van der Waals surface area contributed by atoms with E-state index in [-0.39, 0.29) is 18.9 Å². The van der Waals surface area contributed by atoms with Crippen LogP contribution in [0.3, 0.4) is 0 Å². The summed E-state index contributed by atoms with van der Waals surface area (Å²) in [6.45, 7) is 9.06. The molecule has 1 aromatic heterocycles. The molecule has 1 aromatic rings. The van der Waals surface area contributed by atoms with E-state index in [0.717, 1.165) is 3.57 Å². The molecule has 6 nitrogen and oxygen atoms in total. The van der Waals surface area contributed by atoms with E-state index in [9.17, 15) is 4.79 Å². The van der Waals surface area contributed by atoms with E-state index < -0.39 is 13.9 Å². The van der Waals surface area contributed by atoms with Crippen LogP contribution in [0.4, 0.5) is 0 Å². The molecular formula is C13H24IN3O3Si. The predicted octanol–water partition coefficient (Wildman–Crippen LogP) is 1.99. The van der Waals surface area contributed by atoms with E-state index in [0.29, 0.717) is 13.2 Å². The van der Waals surface area contributed by atoms with Crippen molar-refractivity contribution < 1.29 is 14.0 Å². The van der Waals surface area contributed by atoms with Gasteiger partial charge in [-0.05, 0) is 49.2 Å². The van der Waals surface area contributed by atoms with Gasteiger partial charge < -0.3 is 14.9 Å². The average molecular weight is 425 g/mol. The molecule has 0 aliphatic heterocycles. The van der Waals surface area contributed by atoms with Crippen molar-refractivity contribution in [1.82, 2.24) is 9.78 Å². The van der Waals surface area contributed by atoms with Crippen molar-refractivity contribution in [2.75, 3.05) is 13.2 Å². The van der Waals surface area contributed by atoms with Gasteiger partial charge in [0.1, 0.15) is 0 Å². The van der Waals surface area contributed by atoms with E-state index >= 15 is 0 Å². The maximum absolute atomic E-state index is 11.9. The van der Waals surface area contributed by atoms with Gasteiger partial charge in [0.05, 0.1) is 34.9 Å². The van der Waals surface area contributed by atoms with Crippen molar-refractivity contribution in [2.24, 2.45) is 5.73 Å². The van der Waals surface area contributed by atoms with Gasteiger partial charge in [-0.2, -0.15) is 5.10 Å². The standard InChI is InChI=1S/C13H24IN3O3Si/c1-5-19-12(18)6-13(9-15,20-21(2,3)4)10-17-8-11(14)7-16-17/h7-8H,5-6,9-10,15H2,1-4H3. The fraction of sp³-hybridized carbons (Fsp3) is 0.692. The summed E-state index contributed by atoms with van der Waals surface area (Å²) < 4.78 is 14.1. The fourth-order valence-corrected chi connectivity index (χ4v) is 4.11. The Morgan fingerprint density at radius 2 is 2.19 bits per heavy atom. The molecular weight excluding hydrogens is 401 g/mol. The monoisotopic (exact) mass is 425 g/mol. The second-order valence-electron chi connectivity index (χ2n) is 5.94. The summed E-state index contributed by atoms with van der Waals surface area (Å²) in [5.74, 6) is -0.289. The Bertz CT molecular complexity index is 475. The largest absolute Gasteiger partial charge is 0.466 e. The minimum Gasteiger partial charge on any atom is -0.466 e. The van der Waals surface area contributed by atoms with E-state index in [4.69, 9.17) is 14.9 Å². The van der Waals surface area contributed by atoms with Crippen molar-refractivity contribution >= 4 is 36.9 Å². The van der Waals surface area contributed by atoms with Gasteiger partial charge in [0, 0.05) is 12.7 Å². The predicted molar refractivity (Wildman–Crippen MR) is 92.4 cm³/mol. The van der Waals surface area contributed by atoms with E-state index in [1.807, 2.05) is 6.20 Å². The Labute approximate surface area is 140 Å². The molecule has 0 radical (unpaired) electrons. The first-order valence-electron chi connectivity index (χ1n) is 6.93. The topological polar surface area (TPSA) is 79.4 Å². The Balaban J connectivity index is 2.97. The number of nitrogens with zero attached hydrogens (tertiary/aromatic N) is 2. The van der Waals surface area contributed by atoms with Crippen LogP contribution >= 0.6 is 22.6 Å². The molecule has 120 valence electrons. The molecule has 0 aliphatic rings. The summed E-state index contributed by atoms with van der Waals surface area (Å²) >= 11 is 2.19. The van der Waals surface area contributed by atoms with Gasteiger partial charge in [0.2, 0.25) is 0 Å². The van der Waals surface area contributed by atoms with Crippen molar-refractivity contribution in [3.8, 4) is 0 Å². The highest BCUT2D eigenvalue weighted by Gasteiger charge is 2.38. The van der Waals surface area contributed by atoms with E-state index in [1.165, 1.54) is 0 Å². The van der Waals surface area contributed by atoms with Crippen LogP contribution in [-0.4, -0.2) is 42.8 Å². The van der Waals surface area contributed by atoms with Gasteiger partial charge in [-0.15, -0.1) is 0 Å². The number of esters is 1. The first kappa shape index (κ1) is 18.6. The van der Waals surface area contributed by atoms with Gasteiger partial charge in [0.15, 0.2) is 8.32 Å². The molecule has 0 bridgehead atoms. The highest BCUT2D eigenvalue weighted by molar-refractivity contribution is 14.1. The van der Waals surface area contributed by atoms with Gasteiger partial charge in [0.25, 0.3) is 0 Å². The molecule has 0 amide bonds. The van der Waals surface area contributed by atoms with Crippen LogP contribution in [0.1, 0.15) is 13.3 Å². The molecule has 1 unspecified atom stereocenters. The summed E-state index contributed by atoms with van der Waals surface area (Å²) in [5, 5.41) is 4.27. The third kappa shape index (κ3) is 6.45. The van der Waals surface area contributed by atoms with Crippen LogP contribution in [0.5, 0.6) is 0 Å². The fourth-order valence-electron chi connectivity index (χ4n) is 2.15. The molecule has 0 aliphatic carbocycles. The Morgan fingerprint density at radius 3 is 2.62 bits per heavy atom. The zero-order chi connectivity index (χ0) is 16.1. The number of hydrogen-bond acceptors (Lipinski definition) is 5. The number of nitrogens with two attached hydrogens (primary N) is 1. The first-order valence-corrected chi connectivity index (χ1v) is 11.4. The highest BCUT2D eigenvalue weighted by Crippen LogP contribution is 2.24. The second-order valence-corrected chi connectivity index (χ2v) is 11.6. The molecule has 1 rings (SSSR count). The van der Waals surface area contributed by atoms with Crippen LogP contribution < -0.4 is 5.73 Å². The summed E-state index contributed by atoms with van der Waals surface area (Å²) in [6.07, 6.45) is 3.81. The van der Waals surface area contributed by atoms with Gasteiger partial charge in [-0.1, -0.05) is 0 Å². The molecule has 0 saturated heterocycles. The number of rotatable bonds is 8. The van der Waals surface area contributed by atoms with Crippen LogP contribution in [0.15, 0.2) is 12.4 Å². The second kappa shape index (κ2) is 7.70. The van der Waals surface area contributed by atoms with Crippen molar-refractivity contribution in [3.05, 3.63) is 16.0 Å². The number of carbonyl (C=O) groups excluding carboxylic acids is 1. The van der Waals surface area contributed by atoms with Gasteiger partial charge in [-0.25, -0.2) is 0 Å². The SMILES string of the molecule is CCOC(=O)CC(CN)(Cn1cc(I)cn1)O[Si](C)(C)C. The lowest BCUT2D eigenvalue weighted by Crippen LogP contribution is -2.52. The normalized spacial score (nSPS) is 14.8. The maximum atomic E-state index is 11.9. The number of halogens is 1. The number of ether oxygens (including phenoxy) is 1. The Morgan fingerprint density at radius 1 is 1.52 bits per heavy atom. The lowest BCUT2D eigenvalue weighted by molar-refractivity contribution is -0.148. The Hall–Kier alpha value is -0.453. The quantitative estimate of drug-likeness (QED) is 0.392. The molecule has 8 heteroatoms.